The molecule has 2 nitrogen and oxygen atoms in total. The van der Waals surface area contributed by atoms with E-state index in [0.717, 1.165) is 17.9 Å². The van der Waals surface area contributed by atoms with Crippen molar-refractivity contribution in [2.45, 2.75) is 65.8 Å². The van der Waals surface area contributed by atoms with Gasteiger partial charge in [-0.25, -0.2) is 0 Å². The van der Waals surface area contributed by atoms with Crippen molar-refractivity contribution in [2.75, 3.05) is 26.2 Å². The Morgan fingerprint density at radius 1 is 1.11 bits per heavy atom. The molecule has 1 unspecified atom stereocenters. The van der Waals surface area contributed by atoms with Gasteiger partial charge in [-0.2, -0.15) is 0 Å². The number of hydrogen-bond donors (Lipinski definition) is 1. The summed E-state index contributed by atoms with van der Waals surface area (Å²) in [5.41, 5.74) is 0. The maximum Gasteiger partial charge on any atom is 0.0220 e. The molecule has 108 valence electrons. The van der Waals surface area contributed by atoms with Gasteiger partial charge in [0.1, 0.15) is 0 Å². The van der Waals surface area contributed by atoms with Crippen LogP contribution in [0, 0.1) is 11.8 Å². The van der Waals surface area contributed by atoms with Gasteiger partial charge in [-0.05, 0) is 57.2 Å². The zero-order valence-corrected chi connectivity index (χ0v) is 13.0. The van der Waals surface area contributed by atoms with Gasteiger partial charge >= 0.3 is 0 Å². The Morgan fingerprint density at radius 3 is 2.28 bits per heavy atom. The quantitative estimate of drug-likeness (QED) is 0.667. The molecule has 1 N–H and O–H groups in total. The van der Waals surface area contributed by atoms with Crippen LogP contribution < -0.4 is 5.32 Å². The normalized spacial score (nSPS) is 20.5. The fourth-order valence-electron chi connectivity index (χ4n) is 3.14. The molecule has 1 atom stereocenters. The highest BCUT2D eigenvalue weighted by Gasteiger charge is 2.25. The van der Waals surface area contributed by atoms with Crippen LogP contribution in [0.15, 0.2) is 0 Å². The minimum absolute atomic E-state index is 0.773. The summed E-state index contributed by atoms with van der Waals surface area (Å²) in [5, 5.41) is 3.61. The molecule has 1 rings (SSSR count). The smallest absolute Gasteiger partial charge is 0.0220 e. The average molecular weight is 254 g/mol. The number of nitrogens with zero attached hydrogens (tertiary/aromatic N) is 1. The lowest BCUT2D eigenvalue weighted by atomic mass is 9.86. The van der Waals surface area contributed by atoms with Crippen LogP contribution in [0.4, 0.5) is 0 Å². The maximum atomic E-state index is 3.61. The molecule has 0 aromatic rings. The van der Waals surface area contributed by atoms with Crippen LogP contribution >= 0.6 is 0 Å². The second kappa shape index (κ2) is 8.92. The molecular formula is C16H34N2. The maximum absolute atomic E-state index is 3.61. The molecule has 0 amide bonds. The fourth-order valence-corrected chi connectivity index (χ4v) is 3.14. The number of piperidine rings is 1. The van der Waals surface area contributed by atoms with Crippen molar-refractivity contribution in [1.82, 2.24) is 10.2 Å². The van der Waals surface area contributed by atoms with E-state index in [-0.39, 0.29) is 0 Å². The van der Waals surface area contributed by atoms with Crippen LogP contribution in [0.25, 0.3) is 0 Å². The second-order valence-electron chi connectivity index (χ2n) is 6.26. The Hall–Kier alpha value is -0.0800. The molecule has 1 fully saturated rings. The third kappa shape index (κ3) is 5.27. The summed E-state index contributed by atoms with van der Waals surface area (Å²) in [4.78, 5) is 2.74. The zero-order valence-electron chi connectivity index (χ0n) is 13.0. The predicted molar refractivity (Wildman–Crippen MR) is 81.0 cm³/mol. The number of hydrogen-bond acceptors (Lipinski definition) is 2. The fraction of sp³-hybridized carbons (Fsp3) is 1.00. The minimum atomic E-state index is 0.773. The molecule has 0 aliphatic carbocycles. The van der Waals surface area contributed by atoms with E-state index in [0.29, 0.717) is 0 Å². The van der Waals surface area contributed by atoms with E-state index in [1.165, 1.54) is 58.3 Å². The Kier molecular flexibility index (Phi) is 7.92. The highest BCUT2D eigenvalue weighted by atomic mass is 15.2. The summed E-state index contributed by atoms with van der Waals surface area (Å²) in [6.45, 7) is 14.3. The summed E-state index contributed by atoms with van der Waals surface area (Å²) in [6.07, 6.45) is 6.72. The Balaban J connectivity index is 2.34. The molecule has 0 spiro atoms. The van der Waals surface area contributed by atoms with Crippen molar-refractivity contribution in [1.29, 1.82) is 0 Å². The summed E-state index contributed by atoms with van der Waals surface area (Å²) in [7, 11) is 0. The molecule has 0 aromatic carbocycles. The number of nitrogens with one attached hydrogen (secondary N) is 1. The van der Waals surface area contributed by atoms with Crippen LogP contribution in [0.5, 0.6) is 0 Å². The van der Waals surface area contributed by atoms with Crippen molar-refractivity contribution in [2.24, 2.45) is 11.8 Å². The molecule has 0 aromatic heterocycles. The van der Waals surface area contributed by atoms with Crippen molar-refractivity contribution >= 4 is 0 Å². The first-order valence-electron chi connectivity index (χ1n) is 8.13. The first-order valence-corrected chi connectivity index (χ1v) is 8.13. The number of likely N-dealkylation sites (tertiary alicyclic amines) is 1. The van der Waals surface area contributed by atoms with Crippen molar-refractivity contribution < 1.29 is 0 Å². The monoisotopic (exact) mass is 254 g/mol. The van der Waals surface area contributed by atoms with Crippen molar-refractivity contribution in [3.8, 4) is 0 Å². The third-order valence-electron chi connectivity index (χ3n) is 4.46. The molecule has 1 saturated heterocycles. The van der Waals surface area contributed by atoms with E-state index in [2.05, 4.69) is 37.9 Å². The summed E-state index contributed by atoms with van der Waals surface area (Å²) in [5.74, 6) is 1.84. The zero-order chi connectivity index (χ0) is 13.4. The van der Waals surface area contributed by atoms with Gasteiger partial charge in [-0.15, -0.1) is 0 Å². The highest BCUT2D eigenvalue weighted by molar-refractivity contribution is 4.80. The molecule has 1 aliphatic rings. The van der Waals surface area contributed by atoms with E-state index >= 15 is 0 Å². The summed E-state index contributed by atoms with van der Waals surface area (Å²) in [6, 6.07) is 0.773. The van der Waals surface area contributed by atoms with E-state index in [4.69, 9.17) is 0 Å². The Labute approximate surface area is 115 Å². The topological polar surface area (TPSA) is 15.3 Å². The molecule has 0 saturated carbocycles. The lowest BCUT2D eigenvalue weighted by Gasteiger charge is -2.39. The first-order chi connectivity index (χ1) is 8.69. The molecule has 2 heteroatoms. The van der Waals surface area contributed by atoms with Crippen LogP contribution in [-0.2, 0) is 0 Å². The number of rotatable bonds is 8. The lowest BCUT2D eigenvalue weighted by Crippen LogP contribution is -2.46. The van der Waals surface area contributed by atoms with E-state index < -0.39 is 0 Å². The summed E-state index contributed by atoms with van der Waals surface area (Å²) < 4.78 is 0. The first kappa shape index (κ1) is 16.0. The van der Waals surface area contributed by atoms with Crippen molar-refractivity contribution in [3.63, 3.8) is 0 Å². The average Bonchev–Trinajstić information content (AvgIpc) is 2.38. The van der Waals surface area contributed by atoms with Gasteiger partial charge in [0.15, 0.2) is 0 Å². The van der Waals surface area contributed by atoms with E-state index in [1.54, 1.807) is 0 Å². The van der Waals surface area contributed by atoms with Gasteiger partial charge in [-0.1, -0.05) is 34.1 Å². The SMILES string of the molecule is CCCNCC(CCC)N1CCC(C(C)C)CC1. The van der Waals surface area contributed by atoms with E-state index in [9.17, 15) is 0 Å². The van der Waals surface area contributed by atoms with Crippen LogP contribution in [-0.4, -0.2) is 37.1 Å². The van der Waals surface area contributed by atoms with Gasteiger partial charge < -0.3 is 5.32 Å². The third-order valence-corrected chi connectivity index (χ3v) is 4.46. The molecule has 1 heterocycles. The Morgan fingerprint density at radius 2 is 1.78 bits per heavy atom. The Bertz CT molecular complexity index is 195. The molecule has 0 bridgehead atoms. The molecule has 0 radical (unpaired) electrons. The van der Waals surface area contributed by atoms with Gasteiger partial charge in [0.05, 0.1) is 0 Å². The van der Waals surface area contributed by atoms with Crippen LogP contribution in [0.2, 0.25) is 0 Å². The second-order valence-corrected chi connectivity index (χ2v) is 6.26. The molecular weight excluding hydrogens is 220 g/mol. The standard InChI is InChI=1S/C16H34N2/c1-5-7-16(13-17-10-6-2)18-11-8-15(9-12-18)14(3)4/h14-17H,5-13H2,1-4H3. The molecule has 18 heavy (non-hydrogen) atoms. The predicted octanol–water partition coefficient (Wildman–Crippen LogP) is 3.52. The van der Waals surface area contributed by atoms with Crippen LogP contribution in [0.3, 0.4) is 0 Å². The minimum Gasteiger partial charge on any atom is -0.315 e. The van der Waals surface area contributed by atoms with Gasteiger partial charge in [-0.3, -0.25) is 4.90 Å². The van der Waals surface area contributed by atoms with Crippen LogP contribution in [0.1, 0.15) is 59.8 Å². The highest BCUT2D eigenvalue weighted by Crippen LogP contribution is 2.26. The van der Waals surface area contributed by atoms with Crippen molar-refractivity contribution in [3.05, 3.63) is 0 Å². The largest absolute Gasteiger partial charge is 0.315 e. The molecule has 1 aliphatic heterocycles. The summed E-state index contributed by atoms with van der Waals surface area (Å²) >= 11 is 0. The van der Waals surface area contributed by atoms with Gasteiger partial charge in [0, 0.05) is 12.6 Å². The van der Waals surface area contributed by atoms with Gasteiger partial charge in [0.25, 0.3) is 0 Å². The van der Waals surface area contributed by atoms with E-state index in [1.807, 2.05) is 0 Å². The lowest BCUT2D eigenvalue weighted by molar-refractivity contribution is 0.108. The van der Waals surface area contributed by atoms with Gasteiger partial charge in [0.2, 0.25) is 0 Å².